The molecule has 0 unspecified atom stereocenters. The Morgan fingerprint density at radius 1 is 1.06 bits per heavy atom. The number of carbonyl (C=O) groups excluding carboxylic acids is 2. The van der Waals surface area contributed by atoms with Gasteiger partial charge >= 0.3 is 5.97 Å². The maximum Gasteiger partial charge on any atom is 0.303 e. The van der Waals surface area contributed by atoms with Crippen LogP contribution < -0.4 is 0 Å². The fourth-order valence-corrected chi connectivity index (χ4v) is 8.42. The lowest BCUT2D eigenvalue weighted by molar-refractivity contribution is -0.253. The Balaban J connectivity index is 1.67. The standard InChI is InChI=1S/C24H37FO6/c1-13-9-18-16-10-19(25)23(29)11-15(27)5-7-21(23,3)17(16)6-8-22(18,4)24(13,30)20(28)12-31-14(2)26/h13,15-19,27,29-30H,5-12H2,1-4H3/t13-,15-,16-,17+,18+,19+,21-,22+,23-,24-/m1/s1. The third-order valence-electron chi connectivity index (χ3n) is 10.2. The molecule has 0 aromatic heterocycles. The molecule has 0 saturated heterocycles. The Labute approximate surface area is 183 Å². The molecule has 31 heavy (non-hydrogen) atoms. The van der Waals surface area contributed by atoms with Crippen LogP contribution in [0.1, 0.15) is 72.6 Å². The lowest BCUT2D eigenvalue weighted by atomic mass is 9.42. The first-order valence-corrected chi connectivity index (χ1v) is 11.7. The van der Waals surface area contributed by atoms with Crippen molar-refractivity contribution in [1.82, 2.24) is 0 Å². The minimum absolute atomic E-state index is 0.0488. The van der Waals surface area contributed by atoms with E-state index >= 15 is 4.39 Å². The molecule has 4 aliphatic carbocycles. The summed E-state index contributed by atoms with van der Waals surface area (Å²) in [6.07, 6.45) is 1.13. The van der Waals surface area contributed by atoms with Gasteiger partial charge in [-0.2, -0.15) is 0 Å². The Morgan fingerprint density at radius 2 is 1.71 bits per heavy atom. The summed E-state index contributed by atoms with van der Waals surface area (Å²) in [5.41, 5.74) is -4.53. The van der Waals surface area contributed by atoms with E-state index in [1.165, 1.54) is 6.92 Å². The smallest absolute Gasteiger partial charge is 0.303 e. The van der Waals surface area contributed by atoms with Crippen molar-refractivity contribution in [3.8, 4) is 0 Å². The lowest BCUT2D eigenvalue weighted by Crippen LogP contribution is -2.68. The zero-order valence-electron chi connectivity index (χ0n) is 19.1. The molecule has 3 N–H and O–H groups in total. The number of alkyl halides is 1. The largest absolute Gasteiger partial charge is 0.458 e. The summed E-state index contributed by atoms with van der Waals surface area (Å²) in [7, 11) is 0. The van der Waals surface area contributed by atoms with Crippen LogP contribution in [0.2, 0.25) is 0 Å². The minimum Gasteiger partial charge on any atom is -0.458 e. The Bertz CT molecular complexity index is 773. The lowest BCUT2D eigenvalue weighted by Gasteiger charge is -2.65. The van der Waals surface area contributed by atoms with Gasteiger partial charge in [-0.15, -0.1) is 0 Å². The summed E-state index contributed by atoms with van der Waals surface area (Å²) in [6.45, 7) is 6.55. The average molecular weight is 441 g/mol. The molecule has 4 saturated carbocycles. The van der Waals surface area contributed by atoms with Gasteiger partial charge in [-0.3, -0.25) is 9.59 Å². The molecule has 4 rings (SSSR count). The van der Waals surface area contributed by atoms with Crippen molar-refractivity contribution in [2.24, 2.45) is 34.5 Å². The number of ether oxygens (including phenoxy) is 1. The number of Topliss-reactive ketones (excluding diaryl/α,β-unsaturated/α-hetero) is 1. The molecular formula is C24H37FO6. The molecule has 4 aliphatic rings. The van der Waals surface area contributed by atoms with E-state index in [0.717, 1.165) is 0 Å². The average Bonchev–Trinajstić information content (AvgIpc) is 2.90. The molecule has 10 atom stereocenters. The van der Waals surface area contributed by atoms with Crippen LogP contribution in [0.15, 0.2) is 0 Å². The highest BCUT2D eigenvalue weighted by molar-refractivity contribution is 5.91. The van der Waals surface area contributed by atoms with Crippen molar-refractivity contribution in [3.63, 3.8) is 0 Å². The summed E-state index contributed by atoms with van der Waals surface area (Å²) in [4.78, 5) is 24.3. The second kappa shape index (κ2) is 7.22. The number of hydrogen-bond acceptors (Lipinski definition) is 6. The summed E-state index contributed by atoms with van der Waals surface area (Å²) in [5, 5.41) is 33.3. The predicted octanol–water partition coefficient (Wildman–Crippen LogP) is 2.56. The summed E-state index contributed by atoms with van der Waals surface area (Å²) >= 11 is 0. The van der Waals surface area contributed by atoms with Gasteiger partial charge in [0.15, 0.2) is 6.61 Å². The molecule has 4 fully saturated rings. The van der Waals surface area contributed by atoms with Crippen molar-refractivity contribution in [2.75, 3.05) is 6.61 Å². The molecule has 0 spiro atoms. The van der Waals surface area contributed by atoms with Crippen LogP contribution in [0.25, 0.3) is 0 Å². The second-order valence-electron chi connectivity index (χ2n) is 11.4. The molecule has 0 aromatic rings. The van der Waals surface area contributed by atoms with Gasteiger partial charge in [0.1, 0.15) is 17.4 Å². The van der Waals surface area contributed by atoms with Gasteiger partial charge in [-0.25, -0.2) is 4.39 Å². The molecule has 7 heteroatoms. The van der Waals surface area contributed by atoms with Crippen molar-refractivity contribution in [1.29, 1.82) is 0 Å². The van der Waals surface area contributed by atoms with Crippen LogP contribution in [0, 0.1) is 34.5 Å². The number of aliphatic hydroxyl groups is 3. The Hall–Kier alpha value is -1.05. The highest BCUT2D eigenvalue weighted by Crippen LogP contribution is 2.70. The molecule has 0 aliphatic heterocycles. The maximum atomic E-state index is 15.6. The number of halogens is 1. The van der Waals surface area contributed by atoms with E-state index in [4.69, 9.17) is 4.74 Å². The second-order valence-corrected chi connectivity index (χ2v) is 11.4. The topological polar surface area (TPSA) is 104 Å². The zero-order chi connectivity index (χ0) is 23.0. The maximum absolute atomic E-state index is 15.6. The summed E-state index contributed by atoms with van der Waals surface area (Å²) in [6, 6.07) is 0. The monoisotopic (exact) mass is 440 g/mol. The quantitative estimate of drug-likeness (QED) is 0.583. The Kier molecular flexibility index (Phi) is 5.39. The van der Waals surface area contributed by atoms with Gasteiger partial charge in [-0.05, 0) is 62.2 Å². The summed E-state index contributed by atoms with van der Waals surface area (Å²) in [5.74, 6) is -1.40. The van der Waals surface area contributed by atoms with Crippen LogP contribution in [0.4, 0.5) is 4.39 Å². The molecule has 176 valence electrons. The molecule has 0 aromatic carbocycles. The van der Waals surface area contributed by atoms with Gasteiger partial charge in [-0.1, -0.05) is 20.8 Å². The molecule has 6 nitrogen and oxygen atoms in total. The third kappa shape index (κ3) is 2.91. The minimum atomic E-state index is -1.62. The van der Waals surface area contributed by atoms with E-state index in [-0.39, 0.29) is 36.5 Å². The number of hydrogen-bond donors (Lipinski definition) is 3. The van der Waals surface area contributed by atoms with Crippen molar-refractivity contribution < 1.29 is 34.0 Å². The number of carbonyl (C=O) groups is 2. The van der Waals surface area contributed by atoms with Crippen LogP contribution in [0.5, 0.6) is 0 Å². The molecule has 0 radical (unpaired) electrons. The first-order chi connectivity index (χ1) is 14.3. The predicted molar refractivity (Wildman–Crippen MR) is 111 cm³/mol. The van der Waals surface area contributed by atoms with Gasteiger partial charge in [0, 0.05) is 24.2 Å². The first-order valence-electron chi connectivity index (χ1n) is 11.7. The fraction of sp³-hybridized carbons (Fsp3) is 0.917. The highest BCUT2D eigenvalue weighted by Gasteiger charge is 2.72. The summed E-state index contributed by atoms with van der Waals surface area (Å²) < 4.78 is 20.5. The van der Waals surface area contributed by atoms with E-state index in [9.17, 15) is 24.9 Å². The molecule has 0 bridgehead atoms. The van der Waals surface area contributed by atoms with Crippen LogP contribution in [-0.4, -0.2) is 57.2 Å². The SMILES string of the molecule is CC(=O)OCC(=O)[C@]1(O)[C@H](C)C[C@H]2[C@@H]3C[C@H](F)[C@]4(O)C[C@H](O)CC[C@]4(C)[C@H]3CC[C@@]21C. The van der Waals surface area contributed by atoms with Crippen molar-refractivity contribution in [2.45, 2.75) is 96.1 Å². The number of rotatable bonds is 3. The number of fused-ring (bicyclic) bond motifs is 5. The van der Waals surface area contributed by atoms with Crippen LogP contribution in [-0.2, 0) is 14.3 Å². The third-order valence-corrected chi connectivity index (χ3v) is 10.2. The van der Waals surface area contributed by atoms with Gasteiger partial charge in [0.05, 0.1) is 6.10 Å². The number of ketones is 1. The van der Waals surface area contributed by atoms with E-state index in [1.807, 2.05) is 20.8 Å². The van der Waals surface area contributed by atoms with Crippen molar-refractivity contribution >= 4 is 11.8 Å². The van der Waals surface area contributed by atoms with E-state index in [1.54, 1.807) is 0 Å². The van der Waals surface area contributed by atoms with Crippen LogP contribution in [0.3, 0.4) is 0 Å². The van der Waals surface area contributed by atoms with E-state index in [0.29, 0.717) is 32.1 Å². The molecule has 0 heterocycles. The molecule has 0 amide bonds. The van der Waals surface area contributed by atoms with Crippen molar-refractivity contribution in [3.05, 3.63) is 0 Å². The van der Waals surface area contributed by atoms with E-state index in [2.05, 4.69) is 0 Å². The highest BCUT2D eigenvalue weighted by atomic mass is 19.1. The Morgan fingerprint density at radius 3 is 2.35 bits per heavy atom. The zero-order valence-corrected chi connectivity index (χ0v) is 19.1. The van der Waals surface area contributed by atoms with Gasteiger partial charge < -0.3 is 20.1 Å². The normalized spacial score (nSPS) is 53.8. The number of esters is 1. The number of aliphatic hydroxyl groups excluding tert-OH is 1. The first kappa shape index (κ1) is 23.1. The molecular weight excluding hydrogens is 403 g/mol. The van der Waals surface area contributed by atoms with Gasteiger partial charge in [0.2, 0.25) is 5.78 Å². The van der Waals surface area contributed by atoms with E-state index < -0.39 is 52.7 Å². The fourth-order valence-electron chi connectivity index (χ4n) is 8.42. The van der Waals surface area contributed by atoms with Gasteiger partial charge in [0.25, 0.3) is 0 Å². The van der Waals surface area contributed by atoms with Crippen LogP contribution >= 0.6 is 0 Å².